The summed E-state index contributed by atoms with van der Waals surface area (Å²) >= 11 is 3.15. The van der Waals surface area contributed by atoms with Crippen molar-refractivity contribution in [3.05, 3.63) is 22.7 Å². The zero-order valence-corrected chi connectivity index (χ0v) is 13.1. The van der Waals surface area contributed by atoms with Gasteiger partial charge in [0.15, 0.2) is 5.75 Å². The van der Waals surface area contributed by atoms with Gasteiger partial charge in [-0.2, -0.15) is 0 Å². The Balaban J connectivity index is 2.18. The van der Waals surface area contributed by atoms with Gasteiger partial charge in [0.1, 0.15) is 0 Å². The first-order valence-electron chi connectivity index (χ1n) is 6.73. The van der Waals surface area contributed by atoms with Crippen LogP contribution < -0.4 is 10.1 Å². The molecular weight excluding hydrogens is 351 g/mol. The van der Waals surface area contributed by atoms with Crippen LogP contribution in [0, 0.1) is 0 Å². The minimum Gasteiger partial charge on any atom is -0.404 e. The highest BCUT2D eigenvalue weighted by atomic mass is 79.9. The molecule has 21 heavy (non-hydrogen) atoms. The van der Waals surface area contributed by atoms with Gasteiger partial charge in [-0.25, -0.2) is 0 Å². The lowest BCUT2D eigenvalue weighted by Crippen LogP contribution is -2.38. The van der Waals surface area contributed by atoms with Gasteiger partial charge in [0.25, 0.3) is 0 Å². The smallest absolute Gasteiger partial charge is 0.404 e. The molecular formula is C14H17BrF3NO2. The van der Waals surface area contributed by atoms with E-state index in [1.54, 1.807) is 19.2 Å². The number of nitrogens with one attached hydrogen (secondary N) is 1. The van der Waals surface area contributed by atoms with E-state index in [0.29, 0.717) is 10.2 Å². The molecule has 1 aliphatic carbocycles. The Kier molecular flexibility index (Phi) is 5.37. The number of hydrogen-bond donors (Lipinski definition) is 1. The third-order valence-corrected chi connectivity index (χ3v) is 4.01. The molecule has 1 fully saturated rings. The highest BCUT2D eigenvalue weighted by Gasteiger charge is 2.33. The van der Waals surface area contributed by atoms with E-state index in [9.17, 15) is 13.2 Å². The second kappa shape index (κ2) is 6.87. The topological polar surface area (TPSA) is 30.5 Å². The van der Waals surface area contributed by atoms with Crippen molar-refractivity contribution >= 4 is 21.6 Å². The van der Waals surface area contributed by atoms with E-state index >= 15 is 0 Å². The molecule has 1 aromatic carbocycles. The minimum atomic E-state index is -4.72. The SMILES string of the molecule is COC1CCCCC1Nc1ccc(Br)cc1OC(F)(F)F. The van der Waals surface area contributed by atoms with Gasteiger partial charge in [0.2, 0.25) is 0 Å². The number of alkyl halides is 3. The summed E-state index contributed by atoms with van der Waals surface area (Å²) in [5, 5.41) is 3.13. The van der Waals surface area contributed by atoms with E-state index in [2.05, 4.69) is 26.0 Å². The van der Waals surface area contributed by atoms with Crippen LogP contribution >= 0.6 is 15.9 Å². The molecule has 0 saturated heterocycles. The molecule has 0 aliphatic heterocycles. The second-order valence-corrected chi connectivity index (χ2v) is 5.91. The monoisotopic (exact) mass is 367 g/mol. The molecule has 1 aliphatic rings. The van der Waals surface area contributed by atoms with Crippen LogP contribution in [-0.4, -0.2) is 25.6 Å². The summed E-state index contributed by atoms with van der Waals surface area (Å²) in [6.45, 7) is 0. The predicted octanol–water partition coefficient (Wildman–Crippen LogP) is 4.72. The van der Waals surface area contributed by atoms with Crippen molar-refractivity contribution in [2.75, 3.05) is 12.4 Å². The summed E-state index contributed by atoms with van der Waals surface area (Å²) in [5.74, 6) is -0.239. The lowest BCUT2D eigenvalue weighted by atomic mass is 9.92. The van der Waals surface area contributed by atoms with E-state index in [0.717, 1.165) is 25.7 Å². The number of rotatable bonds is 4. The molecule has 0 spiro atoms. The van der Waals surface area contributed by atoms with Gasteiger partial charge in [-0.3, -0.25) is 0 Å². The standard InChI is InChI=1S/C14H17BrF3NO2/c1-20-12-5-3-2-4-10(12)19-11-7-6-9(15)8-13(11)21-14(16,17)18/h6-8,10,12,19H,2-5H2,1H3. The molecule has 7 heteroatoms. The second-order valence-electron chi connectivity index (χ2n) is 5.00. The fourth-order valence-electron chi connectivity index (χ4n) is 2.57. The van der Waals surface area contributed by atoms with Crippen molar-refractivity contribution in [1.29, 1.82) is 0 Å². The molecule has 1 aromatic rings. The Morgan fingerprint density at radius 2 is 1.95 bits per heavy atom. The molecule has 2 unspecified atom stereocenters. The summed E-state index contributed by atoms with van der Waals surface area (Å²) in [6.07, 6.45) is -0.849. The third kappa shape index (κ3) is 4.78. The molecule has 118 valence electrons. The fraction of sp³-hybridized carbons (Fsp3) is 0.571. The quantitative estimate of drug-likeness (QED) is 0.835. The van der Waals surface area contributed by atoms with Crippen LogP contribution in [0.4, 0.5) is 18.9 Å². The Labute approximate surface area is 129 Å². The maximum Gasteiger partial charge on any atom is 0.573 e. The van der Waals surface area contributed by atoms with E-state index in [4.69, 9.17) is 4.74 Å². The number of anilines is 1. The van der Waals surface area contributed by atoms with Crippen LogP contribution in [0.3, 0.4) is 0 Å². The summed E-state index contributed by atoms with van der Waals surface area (Å²) in [6, 6.07) is 4.55. The molecule has 2 atom stereocenters. The average molecular weight is 368 g/mol. The maximum absolute atomic E-state index is 12.5. The lowest BCUT2D eigenvalue weighted by molar-refractivity contribution is -0.274. The number of halogens is 4. The van der Waals surface area contributed by atoms with Gasteiger partial charge in [-0.1, -0.05) is 28.8 Å². The van der Waals surface area contributed by atoms with Crippen LogP contribution in [0.1, 0.15) is 25.7 Å². The van der Waals surface area contributed by atoms with Gasteiger partial charge < -0.3 is 14.8 Å². The molecule has 2 rings (SSSR count). The third-order valence-electron chi connectivity index (χ3n) is 3.52. The molecule has 0 bridgehead atoms. The Hall–Kier alpha value is -0.950. The number of hydrogen-bond acceptors (Lipinski definition) is 3. The Morgan fingerprint density at radius 3 is 2.62 bits per heavy atom. The highest BCUT2D eigenvalue weighted by molar-refractivity contribution is 9.10. The van der Waals surface area contributed by atoms with Gasteiger partial charge in [-0.15, -0.1) is 13.2 Å². The van der Waals surface area contributed by atoms with Crippen LogP contribution in [0.15, 0.2) is 22.7 Å². The predicted molar refractivity (Wildman–Crippen MR) is 77.5 cm³/mol. The first-order chi connectivity index (χ1) is 9.89. The number of methoxy groups -OCH3 is 1. The zero-order chi connectivity index (χ0) is 15.5. The van der Waals surface area contributed by atoms with Crippen molar-refractivity contribution in [2.24, 2.45) is 0 Å². The number of ether oxygens (including phenoxy) is 2. The first kappa shape index (κ1) is 16.4. The Bertz CT molecular complexity index is 482. The molecule has 0 radical (unpaired) electrons. The molecule has 1 saturated carbocycles. The summed E-state index contributed by atoms with van der Waals surface area (Å²) in [7, 11) is 1.62. The fourth-order valence-corrected chi connectivity index (χ4v) is 2.91. The first-order valence-corrected chi connectivity index (χ1v) is 7.53. The summed E-state index contributed by atoms with van der Waals surface area (Å²) in [4.78, 5) is 0. The number of benzene rings is 1. The van der Waals surface area contributed by atoms with E-state index in [-0.39, 0.29) is 17.9 Å². The van der Waals surface area contributed by atoms with Crippen molar-refractivity contribution in [3.63, 3.8) is 0 Å². The average Bonchev–Trinajstić information content (AvgIpc) is 2.40. The molecule has 1 N–H and O–H groups in total. The van der Waals surface area contributed by atoms with Crippen LogP contribution in [0.2, 0.25) is 0 Å². The van der Waals surface area contributed by atoms with Gasteiger partial charge >= 0.3 is 6.36 Å². The molecule has 0 heterocycles. The summed E-state index contributed by atoms with van der Waals surface area (Å²) in [5.41, 5.74) is 0.324. The van der Waals surface area contributed by atoms with Crippen molar-refractivity contribution in [3.8, 4) is 5.75 Å². The van der Waals surface area contributed by atoms with E-state index < -0.39 is 6.36 Å². The van der Waals surface area contributed by atoms with Gasteiger partial charge in [0, 0.05) is 11.6 Å². The molecule has 3 nitrogen and oxygen atoms in total. The van der Waals surface area contributed by atoms with Crippen molar-refractivity contribution in [2.45, 2.75) is 44.2 Å². The van der Waals surface area contributed by atoms with Crippen LogP contribution in [-0.2, 0) is 4.74 Å². The van der Waals surface area contributed by atoms with Gasteiger partial charge in [-0.05, 0) is 31.0 Å². The Morgan fingerprint density at radius 1 is 1.24 bits per heavy atom. The lowest BCUT2D eigenvalue weighted by Gasteiger charge is -2.32. The highest BCUT2D eigenvalue weighted by Crippen LogP contribution is 2.35. The normalized spacial score (nSPS) is 22.9. The largest absolute Gasteiger partial charge is 0.573 e. The van der Waals surface area contributed by atoms with E-state index in [1.807, 2.05) is 0 Å². The maximum atomic E-state index is 12.5. The van der Waals surface area contributed by atoms with Crippen LogP contribution in [0.5, 0.6) is 5.75 Å². The summed E-state index contributed by atoms with van der Waals surface area (Å²) < 4.78 is 47.5. The van der Waals surface area contributed by atoms with Crippen molar-refractivity contribution < 1.29 is 22.6 Å². The minimum absolute atomic E-state index is 0.00105. The van der Waals surface area contributed by atoms with E-state index in [1.165, 1.54) is 6.07 Å². The van der Waals surface area contributed by atoms with Crippen LogP contribution in [0.25, 0.3) is 0 Å². The molecule has 0 amide bonds. The van der Waals surface area contributed by atoms with Gasteiger partial charge in [0.05, 0.1) is 17.8 Å². The molecule has 0 aromatic heterocycles. The zero-order valence-electron chi connectivity index (χ0n) is 11.5. The van der Waals surface area contributed by atoms with Crippen molar-refractivity contribution in [1.82, 2.24) is 0 Å².